The highest BCUT2D eigenvalue weighted by Gasteiger charge is 2.30. The van der Waals surface area contributed by atoms with Crippen LogP contribution in [0.15, 0.2) is 41.1 Å². The minimum Gasteiger partial charge on any atom is -0.436 e. The number of fused-ring (bicyclic) bond motifs is 2. The summed E-state index contributed by atoms with van der Waals surface area (Å²) in [7, 11) is 1.82. The van der Waals surface area contributed by atoms with Crippen LogP contribution in [0.4, 0.5) is 17.3 Å². The lowest BCUT2D eigenvalue weighted by molar-refractivity contribution is -0.117. The van der Waals surface area contributed by atoms with Crippen LogP contribution in [-0.2, 0) is 9.53 Å². The Morgan fingerprint density at radius 2 is 2.03 bits per heavy atom. The van der Waals surface area contributed by atoms with E-state index < -0.39 is 0 Å². The number of carbonyl (C=O) groups is 1. The number of anilines is 3. The molecule has 34 heavy (non-hydrogen) atoms. The zero-order valence-corrected chi connectivity index (χ0v) is 19.2. The molecule has 6 rings (SSSR count). The average Bonchev–Trinajstić information content (AvgIpc) is 3.62. The molecule has 2 fully saturated rings. The first kappa shape index (κ1) is 20.9. The number of ether oxygens (including phenoxy) is 1. The van der Waals surface area contributed by atoms with E-state index in [1.807, 2.05) is 19.2 Å². The van der Waals surface area contributed by atoms with Crippen LogP contribution in [0.5, 0.6) is 0 Å². The van der Waals surface area contributed by atoms with Crippen molar-refractivity contribution in [1.82, 2.24) is 15.0 Å². The van der Waals surface area contributed by atoms with Crippen molar-refractivity contribution in [2.45, 2.75) is 25.8 Å². The van der Waals surface area contributed by atoms with Crippen molar-refractivity contribution in [3.63, 3.8) is 0 Å². The standard InChI is InChI=1S/C25H26N6O3/c1-14-13-33-8-7-31(14)16-5-6-21-20(9-16)29-25(34-21)19-12-28-23(26-2)18-11-27-22(10-17(18)19)30-24(32)15-3-4-15/h5-6,9-12,14-15H,3-4,7-8,13H2,1-2H3,(H,26,28)(H,27,30,32)/t14-/m1/s1. The Bertz CT molecular complexity index is 1400. The zero-order valence-electron chi connectivity index (χ0n) is 19.2. The molecule has 1 atom stereocenters. The largest absolute Gasteiger partial charge is 0.436 e. The molecular formula is C25H26N6O3. The van der Waals surface area contributed by atoms with Crippen LogP contribution in [-0.4, -0.2) is 53.7 Å². The lowest BCUT2D eigenvalue weighted by Crippen LogP contribution is -2.43. The molecule has 3 aromatic heterocycles. The second kappa shape index (κ2) is 8.25. The molecule has 1 saturated heterocycles. The maximum absolute atomic E-state index is 12.3. The molecule has 1 aliphatic heterocycles. The maximum atomic E-state index is 12.3. The summed E-state index contributed by atoms with van der Waals surface area (Å²) in [5.41, 5.74) is 3.34. The highest BCUT2D eigenvalue weighted by Crippen LogP contribution is 2.35. The van der Waals surface area contributed by atoms with Crippen molar-refractivity contribution >= 4 is 45.1 Å². The van der Waals surface area contributed by atoms with Gasteiger partial charge in [-0.05, 0) is 44.0 Å². The number of aromatic nitrogens is 3. The Morgan fingerprint density at radius 3 is 2.82 bits per heavy atom. The van der Waals surface area contributed by atoms with Gasteiger partial charge in [0.25, 0.3) is 0 Å². The van der Waals surface area contributed by atoms with E-state index in [1.54, 1.807) is 12.4 Å². The van der Waals surface area contributed by atoms with Gasteiger partial charge in [0.05, 0.1) is 18.8 Å². The highest BCUT2D eigenvalue weighted by atomic mass is 16.5. The highest BCUT2D eigenvalue weighted by molar-refractivity contribution is 6.03. The lowest BCUT2D eigenvalue weighted by atomic mass is 10.1. The third kappa shape index (κ3) is 3.71. The average molecular weight is 459 g/mol. The Balaban J connectivity index is 1.41. The molecular weight excluding hydrogens is 432 g/mol. The van der Waals surface area contributed by atoms with Gasteiger partial charge in [-0.15, -0.1) is 0 Å². The Morgan fingerprint density at radius 1 is 1.15 bits per heavy atom. The number of amides is 1. The molecule has 1 saturated carbocycles. The first-order valence-corrected chi connectivity index (χ1v) is 11.6. The summed E-state index contributed by atoms with van der Waals surface area (Å²) in [4.78, 5) is 28.4. The quantitative estimate of drug-likeness (QED) is 0.461. The molecule has 1 aliphatic carbocycles. The van der Waals surface area contributed by atoms with Crippen molar-refractivity contribution in [3.05, 3.63) is 36.7 Å². The van der Waals surface area contributed by atoms with E-state index in [0.717, 1.165) is 53.5 Å². The maximum Gasteiger partial charge on any atom is 0.229 e. The molecule has 0 spiro atoms. The third-order valence-electron chi connectivity index (χ3n) is 6.51. The Hall–Kier alpha value is -3.72. The first-order valence-electron chi connectivity index (χ1n) is 11.6. The molecule has 4 aromatic rings. The second-order valence-electron chi connectivity index (χ2n) is 8.94. The minimum absolute atomic E-state index is 0.0167. The smallest absolute Gasteiger partial charge is 0.229 e. The zero-order chi connectivity index (χ0) is 23.2. The molecule has 0 unspecified atom stereocenters. The number of benzene rings is 1. The molecule has 9 nitrogen and oxygen atoms in total. The number of morpholine rings is 1. The van der Waals surface area contributed by atoms with Gasteiger partial charge in [-0.2, -0.15) is 0 Å². The fraction of sp³-hybridized carbons (Fsp3) is 0.360. The topological polar surface area (TPSA) is 105 Å². The van der Waals surface area contributed by atoms with Gasteiger partial charge in [0.2, 0.25) is 11.8 Å². The van der Waals surface area contributed by atoms with Gasteiger partial charge >= 0.3 is 0 Å². The van der Waals surface area contributed by atoms with Crippen LogP contribution >= 0.6 is 0 Å². The molecule has 1 aromatic carbocycles. The predicted octanol–water partition coefficient (Wildman–Crippen LogP) is 4.05. The summed E-state index contributed by atoms with van der Waals surface area (Å²) in [6, 6.07) is 8.25. The fourth-order valence-corrected chi connectivity index (χ4v) is 4.47. The molecule has 4 heterocycles. The van der Waals surface area contributed by atoms with Gasteiger partial charge in [-0.3, -0.25) is 4.79 Å². The van der Waals surface area contributed by atoms with E-state index in [1.165, 1.54) is 0 Å². The minimum atomic E-state index is 0.0167. The van der Waals surface area contributed by atoms with Crippen LogP contribution in [0.2, 0.25) is 0 Å². The van der Waals surface area contributed by atoms with Gasteiger partial charge in [0.15, 0.2) is 5.58 Å². The molecule has 2 aliphatic rings. The van der Waals surface area contributed by atoms with Crippen molar-refractivity contribution in [3.8, 4) is 11.5 Å². The van der Waals surface area contributed by atoms with Crippen molar-refractivity contribution in [2.24, 2.45) is 5.92 Å². The number of hydrogen-bond donors (Lipinski definition) is 2. The van der Waals surface area contributed by atoms with Crippen LogP contribution in [0.25, 0.3) is 33.3 Å². The van der Waals surface area contributed by atoms with Crippen LogP contribution in [0.1, 0.15) is 19.8 Å². The predicted molar refractivity (Wildman–Crippen MR) is 131 cm³/mol. The molecule has 2 N–H and O–H groups in total. The van der Waals surface area contributed by atoms with E-state index >= 15 is 0 Å². The number of carbonyl (C=O) groups excluding carboxylic acids is 1. The van der Waals surface area contributed by atoms with Crippen molar-refractivity contribution in [1.29, 1.82) is 0 Å². The molecule has 0 radical (unpaired) electrons. The number of hydrogen-bond acceptors (Lipinski definition) is 8. The summed E-state index contributed by atoms with van der Waals surface area (Å²) in [6.45, 7) is 4.44. The van der Waals surface area contributed by atoms with Crippen LogP contribution < -0.4 is 15.5 Å². The van der Waals surface area contributed by atoms with E-state index in [-0.39, 0.29) is 11.8 Å². The summed E-state index contributed by atoms with van der Waals surface area (Å²) in [5.74, 6) is 1.81. The molecule has 9 heteroatoms. The summed E-state index contributed by atoms with van der Waals surface area (Å²) in [6.07, 6.45) is 5.34. The van der Waals surface area contributed by atoms with E-state index in [9.17, 15) is 4.79 Å². The Kier molecular flexibility index (Phi) is 5.06. The number of nitrogens with zero attached hydrogens (tertiary/aromatic N) is 4. The number of rotatable bonds is 5. The molecule has 0 bridgehead atoms. The van der Waals surface area contributed by atoms with Gasteiger partial charge in [0, 0.05) is 54.4 Å². The molecule has 1 amide bonds. The van der Waals surface area contributed by atoms with E-state index in [0.29, 0.717) is 35.8 Å². The lowest BCUT2D eigenvalue weighted by Gasteiger charge is -2.35. The molecule has 174 valence electrons. The number of pyridine rings is 2. The summed E-state index contributed by atoms with van der Waals surface area (Å²) < 4.78 is 11.7. The van der Waals surface area contributed by atoms with E-state index in [2.05, 4.69) is 44.6 Å². The normalized spacial score (nSPS) is 18.4. The summed E-state index contributed by atoms with van der Waals surface area (Å²) >= 11 is 0. The van der Waals surface area contributed by atoms with Crippen LogP contribution in [0, 0.1) is 5.92 Å². The SMILES string of the molecule is CNc1ncc(-c2nc3cc(N4CCOC[C@H]4C)ccc3o2)c2cc(NC(=O)C3CC3)ncc12. The van der Waals surface area contributed by atoms with Crippen molar-refractivity contribution in [2.75, 3.05) is 42.3 Å². The number of nitrogens with one attached hydrogen (secondary N) is 2. The van der Waals surface area contributed by atoms with Gasteiger partial charge in [-0.1, -0.05) is 0 Å². The van der Waals surface area contributed by atoms with Gasteiger partial charge < -0.3 is 24.7 Å². The Labute approximate surface area is 196 Å². The van der Waals surface area contributed by atoms with Crippen molar-refractivity contribution < 1.29 is 13.9 Å². The van der Waals surface area contributed by atoms with Gasteiger partial charge in [-0.25, -0.2) is 15.0 Å². The first-order chi connectivity index (χ1) is 16.6. The van der Waals surface area contributed by atoms with Gasteiger partial charge in [0.1, 0.15) is 17.2 Å². The fourth-order valence-electron chi connectivity index (χ4n) is 4.47. The monoisotopic (exact) mass is 458 g/mol. The third-order valence-corrected chi connectivity index (χ3v) is 6.51. The number of oxazole rings is 1. The summed E-state index contributed by atoms with van der Waals surface area (Å²) in [5, 5.41) is 7.72. The second-order valence-corrected chi connectivity index (χ2v) is 8.94. The van der Waals surface area contributed by atoms with E-state index in [4.69, 9.17) is 14.1 Å². The van der Waals surface area contributed by atoms with Crippen LogP contribution in [0.3, 0.4) is 0 Å².